The van der Waals surface area contributed by atoms with Crippen LogP contribution in [-0.4, -0.2) is 0 Å². The maximum absolute atomic E-state index is 12.6. The van der Waals surface area contributed by atoms with E-state index in [0.717, 1.165) is 0 Å². The zero-order valence-corrected chi connectivity index (χ0v) is 17.1. The lowest BCUT2D eigenvalue weighted by Gasteiger charge is -1.98. The number of aryl methyl sites for hydroxylation is 4. The van der Waals surface area contributed by atoms with E-state index < -0.39 is 23.3 Å². The number of hydrogen-bond donors (Lipinski definition) is 0. The summed E-state index contributed by atoms with van der Waals surface area (Å²) in [6.07, 6.45) is 0. The minimum absolute atomic E-state index is 0.0885. The average Bonchev–Trinajstić information content (AvgIpc) is 2.61. The normalized spacial score (nSPS) is 9.79. The molecule has 0 atom stereocenters. The molecule has 0 saturated carbocycles. The van der Waals surface area contributed by atoms with Gasteiger partial charge in [-0.2, -0.15) is 0 Å². The van der Waals surface area contributed by atoms with Gasteiger partial charge in [0.1, 0.15) is 23.3 Å². The molecule has 0 aliphatic heterocycles. The first kappa shape index (κ1) is 23.4. The Morgan fingerprint density at radius 3 is 0.821 bits per heavy atom. The van der Waals surface area contributed by atoms with E-state index in [2.05, 4.69) is 38.1 Å². The van der Waals surface area contributed by atoms with Gasteiger partial charge in [0.2, 0.25) is 0 Å². The Balaban J connectivity index is 0.000000212. The van der Waals surface area contributed by atoms with Crippen molar-refractivity contribution in [2.45, 2.75) is 41.5 Å². The summed E-state index contributed by atoms with van der Waals surface area (Å²) >= 11 is 0. The standard InChI is InChI=1S/2C8H8F2.C8H10/c2*1-5-3-7(9)6(2)8(10)4-5;1-7-3-5-8(2)6-4-7/h2*3-4H,1-2H3;3-6H,1-2H3. The van der Waals surface area contributed by atoms with Crippen LogP contribution in [0, 0.1) is 64.8 Å². The lowest BCUT2D eigenvalue weighted by atomic mass is 10.1. The van der Waals surface area contributed by atoms with Crippen molar-refractivity contribution < 1.29 is 17.6 Å². The summed E-state index contributed by atoms with van der Waals surface area (Å²) in [4.78, 5) is 0. The third kappa shape index (κ3) is 7.55. The SMILES string of the molecule is Cc1cc(F)c(C)c(F)c1.Cc1cc(F)c(C)c(F)c1.Cc1ccc(C)cc1. The molecular weight excluding hydrogens is 364 g/mol. The molecule has 0 aromatic heterocycles. The molecule has 28 heavy (non-hydrogen) atoms. The summed E-state index contributed by atoms with van der Waals surface area (Å²) < 4.78 is 50.4. The van der Waals surface area contributed by atoms with Gasteiger partial charge >= 0.3 is 0 Å². The molecule has 0 nitrogen and oxygen atoms in total. The average molecular weight is 390 g/mol. The van der Waals surface area contributed by atoms with Crippen LogP contribution in [0.2, 0.25) is 0 Å². The maximum atomic E-state index is 12.6. The molecule has 0 bridgehead atoms. The van der Waals surface area contributed by atoms with Crippen molar-refractivity contribution in [3.8, 4) is 0 Å². The fourth-order valence-electron chi connectivity index (χ4n) is 2.18. The van der Waals surface area contributed by atoms with Crippen molar-refractivity contribution in [2.75, 3.05) is 0 Å². The van der Waals surface area contributed by atoms with E-state index in [4.69, 9.17) is 0 Å². The summed E-state index contributed by atoms with van der Waals surface area (Å²) in [6, 6.07) is 13.8. The molecule has 0 fully saturated rings. The fraction of sp³-hybridized carbons (Fsp3) is 0.250. The maximum Gasteiger partial charge on any atom is 0.129 e. The van der Waals surface area contributed by atoms with Gasteiger partial charge in [-0.25, -0.2) is 17.6 Å². The molecule has 0 amide bonds. The van der Waals surface area contributed by atoms with Crippen LogP contribution in [0.4, 0.5) is 17.6 Å². The van der Waals surface area contributed by atoms with E-state index in [-0.39, 0.29) is 11.1 Å². The summed E-state index contributed by atoms with van der Waals surface area (Å²) in [6.45, 7) is 10.4. The number of hydrogen-bond acceptors (Lipinski definition) is 0. The molecule has 0 saturated heterocycles. The van der Waals surface area contributed by atoms with Crippen molar-refractivity contribution in [1.82, 2.24) is 0 Å². The first-order valence-corrected chi connectivity index (χ1v) is 8.89. The zero-order chi connectivity index (χ0) is 21.4. The molecule has 0 radical (unpaired) electrons. The Kier molecular flexibility index (Phi) is 8.90. The van der Waals surface area contributed by atoms with Crippen molar-refractivity contribution >= 4 is 0 Å². The lowest BCUT2D eigenvalue weighted by molar-refractivity contribution is 0.565. The summed E-state index contributed by atoms with van der Waals surface area (Å²) in [5, 5.41) is 0. The Labute approximate surface area is 164 Å². The predicted molar refractivity (Wildman–Crippen MR) is 108 cm³/mol. The third-order valence-corrected chi connectivity index (χ3v) is 4.07. The summed E-state index contributed by atoms with van der Waals surface area (Å²) in [5.41, 5.74) is 4.06. The van der Waals surface area contributed by atoms with E-state index in [1.165, 1.54) is 49.2 Å². The zero-order valence-electron chi connectivity index (χ0n) is 17.1. The van der Waals surface area contributed by atoms with Gasteiger partial charge in [0.05, 0.1) is 0 Å². The van der Waals surface area contributed by atoms with Gasteiger partial charge in [0, 0.05) is 11.1 Å². The first-order chi connectivity index (χ1) is 13.0. The molecule has 3 rings (SSSR count). The Morgan fingerprint density at radius 2 is 0.607 bits per heavy atom. The van der Waals surface area contributed by atoms with E-state index in [0.29, 0.717) is 11.1 Å². The largest absolute Gasteiger partial charge is 0.207 e. The quantitative estimate of drug-likeness (QED) is 0.349. The van der Waals surface area contributed by atoms with Crippen molar-refractivity contribution in [2.24, 2.45) is 0 Å². The molecule has 0 spiro atoms. The van der Waals surface area contributed by atoms with E-state index >= 15 is 0 Å². The van der Waals surface area contributed by atoms with Gasteiger partial charge in [-0.05, 0) is 76.9 Å². The first-order valence-electron chi connectivity index (χ1n) is 8.89. The molecule has 0 N–H and O–H groups in total. The van der Waals surface area contributed by atoms with Crippen LogP contribution in [0.25, 0.3) is 0 Å². The highest BCUT2D eigenvalue weighted by atomic mass is 19.1. The van der Waals surface area contributed by atoms with Gasteiger partial charge in [0.25, 0.3) is 0 Å². The highest BCUT2D eigenvalue weighted by Gasteiger charge is 2.03. The molecule has 0 aliphatic rings. The Hall–Kier alpha value is -2.62. The monoisotopic (exact) mass is 390 g/mol. The van der Waals surface area contributed by atoms with Crippen LogP contribution in [0.15, 0.2) is 48.5 Å². The number of rotatable bonds is 0. The van der Waals surface area contributed by atoms with E-state index in [1.54, 1.807) is 13.8 Å². The Bertz CT molecular complexity index is 790. The van der Waals surface area contributed by atoms with Crippen molar-refractivity contribution in [3.63, 3.8) is 0 Å². The minimum Gasteiger partial charge on any atom is -0.207 e. The highest BCUT2D eigenvalue weighted by Crippen LogP contribution is 2.13. The van der Waals surface area contributed by atoms with Crippen LogP contribution < -0.4 is 0 Å². The lowest BCUT2D eigenvalue weighted by Crippen LogP contribution is -1.89. The van der Waals surface area contributed by atoms with E-state index in [9.17, 15) is 17.6 Å². The second kappa shape index (κ2) is 10.6. The van der Waals surface area contributed by atoms with Gasteiger partial charge in [0.15, 0.2) is 0 Å². The van der Waals surface area contributed by atoms with E-state index in [1.807, 2.05) is 0 Å². The molecule has 3 aromatic carbocycles. The Morgan fingerprint density at radius 1 is 0.393 bits per heavy atom. The molecule has 0 unspecified atom stereocenters. The minimum atomic E-state index is -0.475. The van der Waals surface area contributed by atoms with Crippen molar-refractivity contribution in [1.29, 1.82) is 0 Å². The topological polar surface area (TPSA) is 0 Å². The predicted octanol–water partition coefficient (Wildman–Crippen LogP) is 7.47. The van der Waals surface area contributed by atoms with Crippen LogP contribution >= 0.6 is 0 Å². The summed E-state index contributed by atoms with van der Waals surface area (Å²) in [7, 11) is 0. The molecule has 4 heteroatoms. The fourth-order valence-corrected chi connectivity index (χ4v) is 2.18. The third-order valence-electron chi connectivity index (χ3n) is 4.07. The van der Waals surface area contributed by atoms with Crippen LogP contribution in [0.3, 0.4) is 0 Å². The smallest absolute Gasteiger partial charge is 0.129 e. The van der Waals surface area contributed by atoms with Gasteiger partial charge in [-0.15, -0.1) is 0 Å². The van der Waals surface area contributed by atoms with Crippen molar-refractivity contribution in [3.05, 3.63) is 105 Å². The summed E-state index contributed by atoms with van der Waals surface area (Å²) in [5.74, 6) is -1.90. The number of halogens is 4. The van der Waals surface area contributed by atoms with Gasteiger partial charge in [-0.3, -0.25) is 0 Å². The molecule has 3 aromatic rings. The molecule has 0 heterocycles. The van der Waals surface area contributed by atoms with Crippen LogP contribution in [0.5, 0.6) is 0 Å². The highest BCUT2D eigenvalue weighted by molar-refractivity contribution is 5.24. The second-order valence-electron chi connectivity index (χ2n) is 6.86. The van der Waals surface area contributed by atoms with Crippen LogP contribution in [-0.2, 0) is 0 Å². The van der Waals surface area contributed by atoms with Gasteiger partial charge < -0.3 is 0 Å². The van der Waals surface area contributed by atoms with Crippen LogP contribution in [0.1, 0.15) is 33.4 Å². The van der Waals surface area contributed by atoms with Gasteiger partial charge in [-0.1, -0.05) is 35.4 Å². The second-order valence-corrected chi connectivity index (χ2v) is 6.86. The number of benzene rings is 3. The molecule has 150 valence electrons. The molecular formula is C24H26F4. The molecule has 0 aliphatic carbocycles.